The van der Waals surface area contributed by atoms with Gasteiger partial charge in [0.15, 0.2) is 0 Å². The molecule has 0 aromatic carbocycles. The molecule has 0 radical (unpaired) electrons. The van der Waals surface area contributed by atoms with Gasteiger partial charge in [-0.3, -0.25) is 0 Å². The third-order valence-electron chi connectivity index (χ3n) is 0. The van der Waals surface area contributed by atoms with Crippen LogP contribution in [-0.2, 0) is 253 Å². The first-order valence-corrected chi connectivity index (χ1v) is 2.40. The summed E-state index contributed by atoms with van der Waals surface area (Å²) in [7, 11) is -4.39. The Balaban J connectivity index is -0.0000000000680. The molecule has 68 N–H and O–H groups in total. The second-order valence-electron chi connectivity index (χ2n) is 0.537. The summed E-state index contributed by atoms with van der Waals surface area (Å²) < 4.78 is 0. The van der Waals surface area contributed by atoms with E-state index in [-0.39, 0.29) is 456 Å². The van der Waals surface area contributed by atoms with Gasteiger partial charge in [0.2, 0.25) is 0 Å². The molecule has 0 saturated heterocycles. The Morgan fingerprint density at radius 2 is 0.148 bits per heavy atom. The number of hydrogen-bond donors (Lipinski definition) is 5. The molecular formula is H68Mo12NO40P-10. The summed E-state index contributed by atoms with van der Waals surface area (Å²) in [5.41, 5.74) is 0. The monoisotopic (exact) mass is 1930 g/mol. The minimum absolute atomic E-state index is 0. The maximum atomic E-state index is 7.30. The van der Waals surface area contributed by atoms with Crippen molar-refractivity contribution in [2.45, 2.75) is 0 Å². The smallest absolute Gasteiger partial charge is 0.564 e. The molecule has 0 saturated carbocycles. The van der Waals surface area contributed by atoms with Crippen molar-refractivity contribution in [2.24, 2.45) is 0 Å². The van der Waals surface area contributed by atoms with Gasteiger partial charge in [0, 0.05) is 253 Å². The van der Waals surface area contributed by atoms with Crippen LogP contribution in [0.1, 0.15) is 0 Å². The summed E-state index contributed by atoms with van der Waals surface area (Å²) in [6.07, 6.45) is 0. The molecule has 0 aliphatic carbocycles. The summed E-state index contributed by atoms with van der Waals surface area (Å²) in [5.74, 6) is 0. The number of rotatable bonds is 0. The molecule has 0 amide bonds. The molecule has 0 spiro atoms. The molecule has 0 aromatic heterocycles. The molecule has 0 atom stereocenters. The Morgan fingerprint density at radius 1 is 0.148 bits per heavy atom. The van der Waals surface area contributed by atoms with E-state index in [1.165, 1.54) is 0 Å². The fraction of sp³-hybridized carbons (Fsp3) is 0. The van der Waals surface area contributed by atoms with Crippen LogP contribution in [0.2, 0.25) is 0 Å². The predicted octanol–water partition coefficient (Wildman–Crippen LogP) is -22.9. The Labute approximate surface area is 477 Å². The normalized spacial score (nSPS) is 1.11. The fourth-order valence-corrected chi connectivity index (χ4v) is 0. The molecule has 400 valence electrons. The van der Waals surface area contributed by atoms with Gasteiger partial charge in [0.05, 0.1) is 0 Å². The largest absolute Gasteiger partial charge is 0.870 e. The van der Waals surface area contributed by atoms with Crippen LogP contribution < -0.4 is 6.15 Å². The minimum Gasteiger partial charge on any atom is -0.870 e. The first kappa shape index (κ1) is 1800. The second kappa shape index (κ2) is 1230. The summed E-state index contributed by atoms with van der Waals surface area (Å²) in [6.45, 7) is 0. The number of quaternary nitrogens is 1. The van der Waals surface area contributed by atoms with E-state index < -0.39 is 8.17 Å². The van der Waals surface area contributed by atoms with Crippen LogP contribution in [0.4, 0.5) is 0 Å². The van der Waals surface area contributed by atoms with Crippen LogP contribution in [0.3, 0.4) is 0 Å². The van der Waals surface area contributed by atoms with Crippen LogP contribution in [0, 0.1) is 0 Å². The van der Waals surface area contributed by atoms with Gasteiger partial charge in [-0.25, -0.2) is 0 Å². The van der Waals surface area contributed by atoms with Gasteiger partial charge in [-0.2, -0.15) is 19.6 Å². The van der Waals surface area contributed by atoms with E-state index in [1.807, 2.05) is 0 Å². The first-order valence-electron chi connectivity index (χ1n) is 0.800. The summed E-state index contributed by atoms with van der Waals surface area (Å²) in [4.78, 5) is 29.2. The van der Waals surface area contributed by atoms with Crippen molar-refractivity contribution < 1.29 is 469 Å². The molecular weight excluding hydrogens is 1840 g/mol. The SMILES string of the molecule is O.O.O.O.O.O.O.O.O.O.O.O.O.O.O.O.O.O.O.O.O.O.O.O.O[P+](O)(O)O.[Mo].[Mo].[Mo].[Mo].[Mo].[Mo].[Mo].[Mo].[Mo].[Mo].[Mo].[Mo].[NH4+].[OH-].[OH-].[OH-].[OH-].[OH-].[OH-].[OH-].[OH-].[OH-].[OH-].[OH-].[OH-]. The standard InChI is InChI=1S/12Mo.H3N.H4O4P.36H2O/c;;;;;;;;;;;;;1-5(2,3)4;;;;;;;;;;;;;;;;;;;;;;;;;;;;;;;;;;;;/h;;;;;;;;;;;;1H3;1-4H;36*1H2/q;;;;;;;;;;;;;+1;;;;;;;;;;;;;;;;;;;;;;;;;;;;;;;;;;;;/p-11. The molecule has 0 unspecified atom stereocenters. The molecule has 54 heavy (non-hydrogen) atoms. The van der Waals surface area contributed by atoms with E-state index >= 15 is 0 Å². The van der Waals surface area contributed by atoms with Crippen LogP contribution >= 0.6 is 8.17 Å². The van der Waals surface area contributed by atoms with Crippen molar-refractivity contribution >= 4 is 8.17 Å². The van der Waals surface area contributed by atoms with E-state index in [0.717, 1.165) is 0 Å². The van der Waals surface area contributed by atoms with Gasteiger partial charge < -0.3 is 203 Å². The van der Waals surface area contributed by atoms with E-state index in [9.17, 15) is 0 Å². The average molecular weight is 1900 g/mol. The Bertz CT molecular complexity index is 70.4. The van der Waals surface area contributed by atoms with Gasteiger partial charge in [0.1, 0.15) is 0 Å². The predicted molar refractivity (Wildman–Crippen MR) is 132 cm³/mol. The van der Waals surface area contributed by atoms with Crippen molar-refractivity contribution in [2.75, 3.05) is 0 Å². The van der Waals surface area contributed by atoms with Crippen molar-refractivity contribution in [3.63, 3.8) is 0 Å². The molecule has 0 aliphatic heterocycles. The Morgan fingerprint density at radius 3 is 0.148 bits per heavy atom. The van der Waals surface area contributed by atoms with Crippen molar-refractivity contribution in [1.29, 1.82) is 0 Å². The molecule has 0 aromatic rings. The number of hydrogen-bond acceptors (Lipinski definition) is 16. The molecule has 0 rings (SSSR count). The fourth-order valence-electron chi connectivity index (χ4n) is 0. The van der Waals surface area contributed by atoms with Gasteiger partial charge in [0.25, 0.3) is 0 Å². The quantitative estimate of drug-likeness (QED) is 0.111. The summed E-state index contributed by atoms with van der Waals surface area (Å²) >= 11 is 0. The van der Waals surface area contributed by atoms with Gasteiger partial charge in [-0.15, -0.1) is 0 Å². The average Bonchev–Trinajstić information content (AvgIpc) is 0.722. The maximum absolute atomic E-state index is 7.30. The zero-order chi connectivity index (χ0) is 4.50. The minimum atomic E-state index is -4.39. The van der Waals surface area contributed by atoms with E-state index in [4.69, 9.17) is 19.6 Å². The molecule has 0 bridgehead atoms. The van der Waals surface area contributed by atoms with Crippen molar-refractivity contribution in [3.05, 3.63) is 0 Å². The molecule has 0 aliphatic rings. The van der Waals surface area contributed by atoms with Gasteiger partial charge in [-0.05, 0) is 0 Å². The maximum Gasteiger partial charge on any atom is 0.564 e. The van der Waals surface area contributed by atoms with Gasteiger partial charge in [-0.1, -0.05) is 0 Å². The van der Waals surface area contributed by atoms with Crippen molar-refractivity contribution in [1.82, 2.24) is 6.15 Å². The zero-order valence-electron chi connectivity index (χ0n) is 25.5. The molecule has 41 nitrogen and oxygen atoms in total. The van der Waals surface area contributed by atoms with Gasteiger partial charge >= 0.3 is 8.17 Å². The van der Waals surface area contributed by atoms with E-state index in [2.05, 4.69) is 0 Å². The van der Waals surface area contributed by atoms with Crippen LogP contribution in [-0.4, -0.2) is 217 Å². The summed E-state index contributed by atoms with van der Waals surface area (Å²) in [6, 6.07) is 0. The van der Waals surface area contributed by atoms with E-state index in [1.54, 1.807) is 0 Å². The Hall–Kier alpha value is 7.05. The van der Waals surface area contributed by atoms with Crippen LogP contribution in [0.5, 0.6) is 0 Å². The Kier molecular flexibility index (Phi) is 41100. The van der Waals surface area contributed by atoms with Crippen molar-refractivity contribution in [3.8, 4) is 0 Å². The first-order chi connectivity index (χ1) is 2.00. The molecule has 0 fully saturated rings. The van der Waals surface area contributed by atoms with Crippen LogP contribution in [0.25, 0.3) is 0 Å². The topological polar surface area (TPSA) is 1230 Å². The zero-order valence-corrected chi connectivity index (χ0v) is 50.5. The third-order valence-corrected chi connectivity index (χ3v) is 0. The second-order valence-corrected chi connectivity index (χ2v) is 1.61. The molecule has 54 heteroatoms. The third kappa shape index (κ3) is 4000. The van der Waals surface area contributed by atoms with E-state index in [0.29, 0.717) is 0 Å². The van der Waals surface area contributed by atoms with Crippen LogP contribution in [0.15, 0.2) is 0 Å². The molecule has 0 heterocycles. The summed E-state index contributed by atoms with van der Waals surface area (Å²) in [5, 5.41) is 0.